The number of carbonyl (C=O) groups excluding carboxylic acids is 1. The second kappa shape index (κ2) is 4.88. The predicted octanol–water partition coefficient (Wildman–Crippen LogP) is 0.651. The zero-order valence-electron chi connectivity index (χ0n) is 8.62. The number of thioether (sulfide) groups is 1. The molecule has 1 saturated heterocycles. The molecular formula is C10H9N3O3S. The SMILES string of the molecule is O=C1CS/C(=N\N=C\c2ccc(O)c(O)c2)N1. The van der Waals surface area contributed by atoms with Crippen LogP contribution in [0, 0.1) is 0 Å². The van der Waals surface area contributed by atoms with Gasteiger partial charge in [-0.3, -0.25) is 4.79 Å². The maximum absolute atomic E-state index is 10.8. The molecule has 1 amide bonds. The highest BCUT2D eigenvalue weighted by Gasteiger charge is 2.15. The molecule has 1 aliphatic rings. The third-order valence-electron chi connectivity index (χ3n) is 1.94. The summed E-state index contributed by atoms with van der Waals surface area (Å²) in [7, 11) is 0. The molecule has 0 radical (unpaired) electrons. The van der Waals surface area contributed by atoms with Crippen LogP contribution in [0.1, 0.15) is 5.56 Å². The van der Waals surface area contributed by atoms with Gasteiger partial charge in [-0.2, -0.15) is 5.10 Å². The van der Waals surface area contributed by atoms with Gasteiger partial charge in [0.25, 0.3) is 0 Å². The van der Waals surface area contributed by atoms with Crippen LogP contribution in [0.25, 0.3) is 0 Å². The number of amides is 1. The predicted molar refractivity (Wildman–Crippen MR) is 65.4 cm³/mol. The van der Waals surface area contributed by atoms with Crippen molar-refractivity contribution < 1.29 is 15.0 Å². The maximum Gasteiger partial charge on any atom is 0.236 e. The summed E-state index contributed by atoms with van der Waals surface area (Å²) in [5.41, 5.74) is 0.596. The molecule has 1 fully saturated rings. The number of hydrogen-bond acceptors (Lipinski definition) is 6. The molecule has 2 rings (SSSR count). The Balaban J connectivity index is 2.05. The number of nitrogens with zero attached hydrogens (tertiary/aromatic N) is 2. The van der Waals surface area contributed by atoms with Crippen molar-refractivity contribution in [3.05, 3.63) is 23.8 Å². The molecule has 1 aliphatic heterocycles. The fourth-order valence-corrected chi connectivity index (χ4v) is 1.78. The number of amidine groups is 1. The van der Waals surface area contributed by atoms with Crippen molar-refractivity contribution in [2.45, 2.75) is 0 Å². The second-order valence-corrected chi connectivity index (χ2v) is 4.20. The summed E-state index contributed by atoms with van der Waals surface area (Å²) in [6.07, 6.45) is 1.41. The van der Waals surface area contributed by atoms with Crippen LogP contribution in [0.4, 0.5) is 0 Å². The first kappa shape index (κ1) is 11.5. The quantitative estimate of drug-likeness (QED) is 0.408. The summed E-state index contributed by atoms with van der Waals surface area (Å²) in [6, 6.07) is 4.30. The number of aromatic hydroxyl groups is 2. The van der Waals surface area contributed by atoms with Gasteiger partial charge in [0, 0.05) is 0 Å². The number of nitrogens with one attached hydrogen (secondary N) is 1. The van der Waals surface area contributed by atoms with Crippen LogP contribution in [0.3, 0.4) is 0 Å². The van der Waals surface area contributed by atoms with E-state index in [9.17, 15) is 9.90 Å². The molecule has 1 aromatic rings. The van der Waals surface area contributed by atoms with Crippen LogP contribution in [-0.2, 0) is 4.79 Å². The monoisotopic (exact) mass is 251 g/mol. The minimum absolute atomic E-state index is 0.0915. The molecule has 88 valence electrons. The summed E-state index contributed by atoms with van der Waals surface area (Å²) in [4.78, 5) is 10.8. The van der Waals surface area contributed by atoms with Crippen LogP contribution < -0.4 is 5.32 Å². The average Bonchev–Trinajstić information content (AvgIpc) is 2.70. The number of hydrogen-bond donors (Lipinski definition) is 3. The fraction of sp³-hybridized carbons (Fsp3) is 0.100. The summed E-state index contributed by atoms with van der Waals surface area (Å²) in [6.45, 7) is 0. The van der Waals surface area contributed by atoms with Crippen LogP contribution >= 0.6 is 11.8 Å². The second-order valence-electron chi connectivity index (χ2n) is 3.23. The molecule has 3 N–H and O–H groups in total. The van der Waals surface area contributed by atoms with Gasteiger partial charge in [-0.25, -0.2) is 0 Å². The highest BCUT2D eigenvalue weighted by molar-refractivity contribution is 8.15. The van der Waals surface area contributed by atoms with E-state index >= 15 is 0 Å². The number of phenolic OH excluding ortho intramolecular Hbond substituents is 2. The minimum Gasteiger partial charge on any atom is -0.504 e. The normalized spacial score (nSPS) is 17.9. The van der Waals surface area contributed by atoms with Crippen molar-refractivity contribution in [3.63, 3.8) is 0 Å². The third kappa shape index (κ3) is 2.97. The van der Waals surface area contributed by atoms with E-state index in [2.05, 4.69) is 15.5 Å². The molecule has 1 heterocycles. The lowest BCUT2D eigenvalue weighted by molar-refractivity contribution is -0.116. The fourth-order valence-electron chi connectivity index (χ4n) is 1.15. The molecule has 1 aromatic carbocycles. The lowest BCUT2D eigenvalue weighted by atomic mass is 10.2. The molecule has 0 spiro atoms. The van der Waals surface area contributed by atoms with Crippen molar-refractivity contribution in [1.29, 1.82) is 0 Å². The van der Waals surface area contributed by atoms with Gasteiger partial charge in [0.2, 0.25) is 5.91 Å². The topological polar surface area (TPSA) is 94.3 Å². The van der Waals surface area contributed by atoms with Crippen molar-refractivity contribution in [1.82, 2.24) is 5.32 Å². The summed E-state index contributed by atoms with van der Waals surface area (Å²) < 4.78 is 0. The van der Waals surface area contributed by atoms with Gasteiger partial charge in [-0.1, -0.05) is 11.8 Å². The molecule has 0 unspecified atom stereocenters. The molecule has 7 heteroatoms. The van der Waals surface area contributed by atoms with E-state index in [4.69, 9.17) is 5.11 Å². The van der Waals surface area contributed by atoms with E-state index in [0.29, 0.717) is 16.5 Å². The van der Waals surface area contributed by atoms with Crippen LogP contribution in [0.15, 0.2) is 28.4 Å². The van der Waals surface area contributed by atoms with Crippen LogP contribution in [0.2, 0.25) is 0 Å². The van der Waals surface area contributed by atoms with Gasteiger partial charge in [-0.05, 0) is 23.8 Å². The first-order valence-electron chi connectivity index (χ1n) is 4.71. The molecule has 0 aromatic heterocycles. The Bertz CT molecular complexity index is 514. The van der Waals surface area contributed by atoms with Crippen molar-refractivity contribution in [2.24, 2.45) is 10.2 Å². The first-order chi connectivity index (χ1) is 8.15. The Labute approximate surface area is 101 Å². The first-order valence-corrected chi connectivity index (χ1v) is 5.69. The van der Waals surface area contributed by atoms with Crippen LogP contribution in [0.5, 0.6) is 11.5 Å². The molecule has 0 atom stereocenters. The smallest absolute Gasteiger partial charge is 0.236 e. The Morgan fingerprint density at radius 3 is 2.82 bits per heavy atom. The Kier molecular flexibility index (Phi) is 3.29. The minimum atomic E-state index is -0.217. The lowest BCUT2D eigenvalue weighted by Gasteiger charge is -1.97. The summed E-state index contributed by atoms with van der Waals surface area (Å²) in [5.74, 6) is -0.141. The highest BCUT2D eigenvalue weighted by Crippen LogP contribution is 2.24. The van der Waals surface area contributed by atoms with Gasteiger partial charge in [0.05, 0.1) is 12.0 Å². The molecule has 6 nitrogen and oxygen atoms in total. The maximum atomic E-state index is 10.8. The van der Waals surface area contributed by atoms with E-state index in [0.717, 1.165) is 0 Å². The third-order valence-corrected chi connectivity index (χ3v) is 2.80. The lowest BCUT2D eigenvalue weighted by Crippen LogP contribution is -2.19. The Morgan fingerprint density at radius 2 is 2.18 bits per heavy atom. The van der Waals surface area contributed by atoms with E-state index in [1.807, 2.05) is 0 Å². The van der Waals surface area contributed by atoms with Crippen molar-refractivity contribution >= 4 is 29.1 Å². The molecular weight excluding hydrogens is 242 g/mol. The van der Waals surface area contributed by atoms with Gasteiger partial charge in [0.1, 0.15) is 0 Å². The van der Waals surface area contributed by atoms with E-state index in [1.54, 1.807) is 6.07 Å². The van der Waals surface area contributed by atoms with Gasteiger partial charge in [-0.15, -0.1) is 5.10 Å². The van der Waals surface area contributed by atoms with Gasteiger partial charge < -0.3 is 15.5 Å². The van der Waals surface area contributed by atoms with E-state index < -0.39 is 0 Å². The van der Waals surface area contributed by atoms with Gasteiger partial charge >= 0.3 is 0 Å². The summed E-state index contributed by atoms with van der Waals surface area (Å²) >= 11 is 1.28. The zero-order chi connectivity index (χ0) is 12.3. The number of phenols is 2. The zero-order valence-corrected chi connectivity index (χ0v) is 9.44. The summed E-state index contributed by atoms with van der Waals surface area (Å²) in [5, 5.41) is 28.9. The highest BCUT2D eigenvalue weighted by atomic mass is 32.2. The van der Waals surface area contributed by atoms with E-state index in [1.165, 1.54) is 30.1 Å². The molecule has 0 bridgehead atoms. The standard InChI is InChI=1S/C10H9N3O3S/c14-7-2-1-6(3-8(7)15)4-11-13-10-12-9(16)5-17-10/h1-4,14-15H,5H2,(H,12,13,16)/b11-4+. The molecule has 0 saturated carbocycles. The van der Waals surface area contributed by atoms with E-state index in [-0.39, 0.29) is 17.4 Å². The van der Waals surface area contributed by atoms with Crippen molar-refractivity contribution in [3.8, 4) is 11.5 Å². The number of carbonyl (C=O) groups is 1. The van der Waals surface area contributed by atoms with Crippen molar-refractivity contribution in [2.75, 3.05) is 5.75 Å². The molecule has 17 heavy (non-hydrogen) atoms. The van der Waals surface area contributed by atoms with Gasteiger partial charge in [0.15, 0.2) is 16.7 Å². The Hall–Kier alpha value is -2.02. The van der Waals surface area contributed by atoms with Crippen LogP contribution in [-0.4, -0.2) is 33.3 Å². The largest absolute Gasteiger partial charge is 0.504 e. The Morgan fingerprint density at radius 1 is 1.35 bits per heavy atom. The molecule has 0 aliphatic carbocycles. The number of benzene rings is 1. The number of rotatable bonds is 2. The average molecular weight is 251 g/mol.